The van der Waals surface area contributed by atoms with Crippen molar-refractivity contribution in [3.05, 3.63) is 64.4 Å². The number of nitrogens with zero attached hydrogens (tertiary/aromatic N) is 4. The molecule has 1 fully saturated rings. The molecule has 4 rings (SSSR count). The molecule has 0 radical (unpaired) electrons. The molecule has 1 saturated heterocycles. The summed E-state index contributed by atoms with van der Waals surface area (Å²) in [4.78, 5) is 31.4. The second kappa shape index (κ2) is 10.8. The molecule has 1 aliphatic heterocycles. The molecular formula is C27H29BrN4O3S. The van der Waals surface area contributed by atoms with Gasteiger partial charge in [-0.15, -0.1) is 0 Å². The fraction of sp³-hybridized carbons (Fsp3) is 0.296. The highest BCUT2D eigenvalue weighted by molar-refractivity contribution is 9.10. The zero-order valence-corrected chi connectivity index (χ0v) is 23.2. The average molecular weight is 570 g/mol. The van der Waals surface area contributed by atoms with Crippen LogP contribution in [0.4, 0.5) is 5.69 Å². The number of halogens is 1. The maximum absolute atomic E-state index is 13.5. The second-order valence-corrected chi connectivity index (χ2v) is 9.66. The Morgan fingerprint density at radius 2 is 1.81 bits per heavy atom. The molecule has 1 aliphatic rings. The number of ether oxygens (including phenoxy) is 1. The predicted octanol–water partition coefficient (Wildman–Crippen LogP) is 5.28. The standard InChI is InChI=1S/C27H29BrN4O3S/c1-5-30(6-2)25(33)17-31-16-18(22-15-19(28)8-13-23(22)31)14-24-26(34)32(27(36)29(24)4)20-9-11-21(12-10-20)35-7-3/h8-16H,5-7,17H2,1-4H3/b24-14-. The van der Waals surface area contributed by atoms with E-state index in [-0.39, 0.29) is 18.4 Å². The maximum atomic E-state index is 13.5. The zero-order chi connectivity index (χ0) is 26.0. The Hall–Kier alpha value is -3.17. The van der Waals surface area contributed by atoms with Crippen LogP contribution in [0.5, 0.6) is 5.75 Å². The molecule has 0 aliphatic carbocycles. The van der Waals surface area contributed by atoms with Crippen molar-refractivity contribution in [3.63, 3.8) is 0 Å². The molecule has 36 heavy (non-hydrogen) atoms. The van der Waals surface area contributed by atoms with Gasteiger partial charge < -0.3 is 19.1 Å². The number of anilines is 1. The van der Waals surface area contributed by atoms with E-state index >= 15 is 0 Å². The third kappa shape index (κ3) is 4.90. The molecular weight excluding hydrogens is 540 g/mol. The van der Waals surface area contributed by atoms with E-state index in [0.29, 0.717) is 36.2 Å². The third-order valence-electron chi connectivity index (χ3n) is 6.26. The van der Waals surface area contributed by atoms with E-state index in [9.17, 15) is 9.59 Å². The van der Waals surface area contributed by atoms with Gasteiger partial charge in [-0.05, 0) is 81.5 Å². The second-order valence-electron chi connectivity index (χ2n) is 8.38. The zero-order valence-electron chi connectivity index (χ0n) is 20.8. The van der Waals surface area contributed by atoms with Gasteiger partial charge in [0.25, 0.3) is 5.91 Å². The van der Waals surface area contributed by atoms with Crippen LogP contribution in [0.2, 0.25) is 0 Å². The Balaban J connectivity index is 1.72. The minimum Gasteiger partial charge on any atom is -0.494 e. The van der Waals surface area contributed by atoms with E-state index < -0.39 is 0 Å². The third-order valence-corrected chi connectivity index (χ3v) is 7.21. The molecule has 0 unspecified atom stereocenters. The summed E-state index contributed by atoms with van der Waals surface area (Å²) in [7, 11) is 1.79. The lowest BCUT2D eigenvalue weighted by Crippen LogP contribution is -2.33. The van der Waals surface area contributed by atoms with E-state index in [2.05, 4.69) is 15.9 Å². The molecule has 2 aromatic carbocycles. The summed E-state index contributed by atoms with van der Waals surface area (Å²) in [5.74, 6) is 0.582. The summed E-state index contributed by atoms with van der Waals surface area (Å²) in [5, 5.41) is 1.34. The van der Waals surface area contributed by atoms with Crippen molar-refractivity contribution in [2.75, 3.05) is 31.6 Å². The molecule has 7 nitrogen and oxygen atoms in total. The van der Waals surface area contributed by atoms with Gasteiger partial charge in [0.15, 0.2) is 5.11 Å². The number of carbonyl (C=O) groups excluding carboxylic acids is 2. The predicted molar refractivity (Wildman–Crippen MR) is 151 cm³/mol. The lowest BCUT2D eigenvalue weighted by atomic mass is 10.1. The highest BCUT2D eigenvalue weighted by Gasteiger charge is 2.37. The Bertz CT molecular complexity index is 1350. The fourth-order valence-electron chi connectivity index (χ4n) is 4.35. The Labute approximate surface area is 225 Å². The molecule has 2 amide bonds. The Kier molecular flexibility index (Phi) is 7.80. The Morgan fingerprint density at radius 3 is 2.44 bits per heavy atom. The maximum Gasteiger partial charge on any atom is 0.281 e. The van der Waals surface area contributed by atoms with Crippen molar-refractivity contribution in [2.24, 2.45) is 0 Å². The molecule has 0 saturated carbocycles. The summed E-state index contributed by atoms with van der Waals surface area (Å²) < 4.78 is 8.37. The van der Waals surface area contributed by atoms with Gasteiger partial charge in [0.2, 0.25) is 5.91 Å². The van der Waals surface area contributed by atoms with Gasteiger partial charge in [0.1, 0.15) is 18.0 Å². The average Bonchev–Trinajstić information content (AvgIpc) is 3.29. The van der Waals surface area contributed by atoms with Crippen molar-refractivity contribution in [1.82, 2.24) is 14.4 Å². The first-order chi connectivity index (χ1) is 17.3. The fourth-order valence-corrected chi connectivity index (χ4v) is 5.00. The molecule has 9 heteroatoms. The molecule has 3 aromatic rings. The number of fused-ring (bicyclic) bond motifs is 1. The van der Waals surface area contributed by atoms with E-state index in [4.69, 9.17) is 17.0 Å². The van der Waals surface area contributed by atoms with Gasteiger partial charge in [0.05, 0.1) is 12.3 Å². The van der Waals surface area contributed by atoms with Gasteiger partial charge in [-0.2, -0.15) is 0 Å². The summed E-state index contributed by atoms with van der Waals surface area (Å²) in [6, 6.07) is 13.2. The van der Waals surface area contributed by atoms with Crippen LogP contribution in [0.25, 0.3) is 17.0 Å². The van der Waals surface area contributed by atoms with Gasteiger partial charge in [-0.3, -0.25) is 14.5 Å². The number of thiocarbonyl (C=S) groups is 1. The summed E-state index contributed by atoms with van der Waals surface area (Å²) in [6.07, 6.45) is 3.77. The van der Waals surface area contributed by atoms with Crippen molar-refractivity contribution in [2.45, 2.75) is 27.3 Å². The monoisotopic (exact) mass is 568 g/mol. The van der Waals surface area contributed by atoms with Crippen LogP contribution >= 0.6 is 28.1 Å². The van der Waals surface area contributed by atoms with Crippen LogP contribution in [0.1, 0.15) is 26.3 Å². The van der Waals surface area contributed by atoms with Crippen molar-refractivity contribution < 1.29 is 14.3 Å². The van der Waals surface area contributed by atoms with Gasteiger partial charge in [0, 0.05) is 47.3 Å². The molecule has 0 N–H and O–H groups in total. The SMILES string of the molecule is CCOc1ccc(N2C(=O)/C(=C/c3cn(CC(=O)N(CC)CC)c4ccc(Br)cc34)N(C)C2=S)cc1. The number of benzene rings is 2. The first-order valence-electron chi connectivity index (χ1n) is 11.9. The molecule has 0 atom stereocenters. The van der Waals surface area contributed by atoms with Gasteiger partial charge in [-0.1, -0.05) is 15.9 Å². The molecule has 0 bridgehead atoms. The van der Waals surface area contributed by atoms with Crippen molar-refractivity contribution in [3.8, 4) is 5.75 Å². The van der Waals surface area contributed by atoms with Crippen molar-refractivity contribution >= 4 is 67.7 Å². The minimum absolute atomic E-state index is 0.0518. The summed E-state index contributed by atoms with van der Waals surface area (Å²) in [5.41, 5.74) is 2.90. The lowest BCUT2D eigenvalue weighted by molar-refractivity contribution is -0.131. The molecule has 1 aromatic heterocycles. The van der Waals surface area contributed by atoms with Gasteiger partial charge in [-0.25, -0.2) is 0 Å². The summed E-state index contributed by atoms with van der Waals surface area (Å²) >= 11 is 9.18. The normalized spacial score (nSPS) is 14.9. The lowest BCUT2D eigenvalue weighted by Gasteiger charge is -2.19. The largest absolute Gasteiger partial charge is 0.494 e. The smallest absolute Gasteiger partial charge is 0.281 e. The highest BCUT2D eigenvalue weighted by atomic mass is 79.9. The molecule has 188 valence electrons. The van der Waals surface area contributed by atoms with E-state index in [1.54, 1.807) is 11.9 Å². The van der Waals surface area contributed by atoms with E-state index in [0.717, 1.165) is 26.7 Å². The highest BCUT2D eigenvalue weighted by Crippen LogP contribution is 2.32. The number of rotatable bonds is 8. The number of aromatic nitrogens is 1. The summed E-state index contributed by atoms with van der Waals surface area (Å²) in [6.45, 7) is 7.99. The van der Waals surface area contributed by atoms with Crippen LogP contribution in [0.3, 0.4) is 0 Å². The minimum atomic E-state index is -0.207. The number of likely N-dealkylation sites (N-methyl/N-ethyl adjacent to an activating group) is 2. The van der Waals surface area contributed by atoms with Crippen LogP contribution in [-0.4, -0.2) is 58.0 Å². The van der Waals surface area contributed by atoms with Gasteiger partial charge >= 0.3 is 0 Å². The first-order valence-corrected chi connectivity index (χ1v) is 13.1. The topological polar surface area (TPSA) is 58.0 Å². The van der Waals surface area contributed by atoms with Crippen LogP contribution in [0.15, 0.2) is 58.8 Å². The van der Waals surface area contributed by atoms with Crippen LogP contribution < -0.4 is 9.64 Å². The number of carbonyl (C=O) groups is 2. The number of hydrogen-bond donors (Lipinski definition) is 0. The Morgan fingerprint density at radius 1 is 1.11 bits per heavy atom. The molecule has 0 spiro atoms. The van der Waals surface area contributed by atoms with Crippen molar-refractivity contribution in [1.29, 1.82) is 0 Å². The van der Waals surface area contributed by atoms with Crippen LogP contribution in [0, 0.1) is 0 Å². The van der Waals surface area contributed by atoms with E-state index in [1.165, 1.54) is 4.90 Å². The van der Waals surface area contributed by atoms with Crippen LogP contribution in [-0.2, 0) is 16.1 Å². The number of amides is 2. The quantitative estimate of drug-likeness (QED) is 0.273. The number of hydrogen-bond acceptors (Lipinski definition) is 4. The molecule has 2 heterocycles. The first kappa shape index (κ1) is 25.9. The van der Waals surface area contributed by atoms with E-state index in [1.807, 2.05) is 85.0 Å².